The first-order chi connectivity index (χ1) is 18.4. The van der Waals surface area contributed by atoms with E-state index in [2.05, 4.69) is 0 Å². The Bertz CT molecular complexity index is 1440. The maximum absolute atomic E-state index is 13.7. The van der Waals surface area contributed by atoms with Crippen LogP contribution in [0.2, 0.25) is 0 Å². The van der Waals surface area contributed by atoms with E-state index in [-0.39, 0.29) is 30.4 Å². The lowest BCUT2D eigenvalue weighted by molar-refractivity contribution is 0.177. The molecule has 0 unspecified atom stereocenters. The van der Waals surface area contributed by atoms with Crippen LogP contribution in [0, 0.1) is 5.82 Å². The van der Waals surface area contributed by atoms with Crippen molar-refractivity contribution in [2.45, 2.75) is 24.8 Å². The fraction of sp³-hybridized carbons (Fsp3) is 0.250. The molecule has 10 heteroatoms. The zero-order valence-corrected chi connectivity index (χ0v) is 22.3. The van der Waals surface area contributed by atoms with Gasteiger partial charge >= 0.3 is 0 Å². The van der Waals surface area contributed by atoms with Crippen LogP contribution in [0.25, 0.3) is 5.69 Å². The van der Waals surface area contributed by atoms with Gasteiger partial charge in [-0.15, -0.1) is 0 Å². The molecule has 1 heterocycles. The highest BCUT2D eigenvalue weighted by molar-refractivity contribution is 7.89. The van der Waals surface area contributed by atoms with E-state index in [0.717, 1.165) is 0 Å². The first-order valence-electron chi connectivity index (χ1n) is 12.1. The second kappa shape index (κ2) is 12.2. The van der Waals surface area contributed by atoms with Gasteiger partial charge in [0.15, 0.2) is 0 Å². The molecular weight excluding hydrogens is 509 g/mol. The van der Waals surface area contributed by atoms with Crippen LogP contribution in [0.5, 0.6) is 17.4 Å². The van der Waals surface area contributed by atoms with Gasteiger partial charge in [0.1, 0.15) is 17.3 Å². The third-order valence-electron chi connectivity index (χ3n) is 5.96. The fourth-order valence-corrected chi connectivity index (χ4v) is 5.33. The van der Waals surface area contributed by atoms with Gasteiger partial charge in [-0.1, -0.05) is 25.1 Å². The molecule has 0 atom stereocenters. The monoisotopic (exact) mass is 539 g/mol. The minimum absolute atomic E-state index is 0.00967. The Balaban J connectivity index is 1.82. The van der Waals surface area contributed by atoms with E-state index in [1.54, 1.807) is 41.1 Å². The Morgan fingerprint density at radius 3 is 2.21 bits per heavy atom. The number of rotatable bonds is 12. The van der Waals surface area contributed by atoms with Crippen molar-refractivity contribution in [3.8, 4) is 23.1 Å². The predicted molar refractivity (Wildman–Crippen MR) is 142 cm³/mol. The zero-order chi connectivity index (χ0) is 27.1. The van der Waals surface area contributed by atoms with Gasteiger partial charge in [-0.25, -0.2) is 17.5 Å². The van der Waals surface area contributed by atoms with Gasteiger partial charge in [-0.05, 0) is 67.1 Å². The first kappa shape index (κ1) is 27.3. The zero-order valence-electron chi connectivity index (χ0n) is 21.5. The molecule has 0 amide bonds. The van der Waals surface area contributed by atoms with Crippen molar-refractivity contribution in [1.82, 2.24) is 14.1 Å². The average molecular weight is 540 g/mol. The quantitative estimate of drug-likeness (QED) is 0.246. The van der Waals surface area contributed by atoms with Crippen molar-refractivity contribution in [2.75, 3.05) is 27.4 Å². The van der Waals surface area contributed by atoms with Crippen molar-refractivity contribution < 1.29 is 27.0 Å². The van der Waals surface area contributed by atoms with Crippen molar-refractivity contribution in [3.63, 3.8) is 0 Å². The number of benzene rings is 3. The molecule has 0 aliphatic heterocycles. The molecule has 0 bridgehead atoms. The lowest BCUT2D eigenvalue weighted by Gasteiger charge is -2.23. The number of aryl methyl sites for hydroxylation is 1. The molecule has 0 spiro atoms. The van der Waals surface area contributed by atoms with Crippen LogP contribution >= 0.6 is 0 Å². The van der Waals surface area contributed by atoms with Crippen molar-refractivity contribution >= 4 is 10.0 Å². The van der Waals surface area contributed by atoms with Crippen LogP contribution < -0.4 is 9.47 Å². The minimum atomic E-state index is -3.92. The van der Waals surface area contributed by atoms with Gasteiger partial charge in [0.05, 0.1) is 35.6 Å². The summed E-state index contributed by atoms with van der Waals surface area (Å²) in [6, 6.07) is 21.3. The van der Waals surface area contributed by atoms with E-state index in [1.807, 2.05) is 25.1 Å². The van der Waals surface area contributed by atoms with Crippen LogP contribution in [-0.4, -0.2) is 49.9 Å². The molecule has 0 saturated heterocycles. The topological polar surface area (TPSA) is 82.9 Å². The Kier molecular flexibility index (Phi) is 8.77. The Labute approximate surface area is 222 Å². The molecule has 38 heavy (non-hydrogen) atoms. The average Bonchev–Trinajstić information content (AvgIpc) is 3.28. The molecule has 200 valence electrons. The molecule has 0 radical (unpaired) electrons. The maximum atomic E-state index is 13.7. The summed E-state index contributed by atoms with van der Waals surface area (Å²) in [6.07, 6.45) is 0.523. The summed E-state index contributed by atoms with van der Waals surface area (Å²) in [7, 11) is -0.875. The number of aromatic nitrogens is 2. The lowest BCUT2D eigenvalue weighted by Crippen LogP contribution is -2.33. The summed E-state index contributed by atoms with van der Waals surface area (Å²) < 4.78 is 60.8. The normalized spacial score (nSPS) is 11.6. The molecule has 4 rings (SSSR count). The first-order valence-corrected chi connectivity index (χ1v) is 13.5. The largest absolute Gasteiger partial charge is 0.497 e. The third kappa shape index (κ3) is 6.04. The van der Waals surface area contributed by atoms with Gasteiger partial charge in [0.2, 0.25) is 15.9 Å². The standard InChI is InChI=1S/C28H30FN3O5S/c1-4-27-26(20-31(18-19-35-2)38(33,34)25-16-14-23(36-3)15-17-25)28(37-24-8-6-5-7-9-24)32(30-27)22-12-10-21(29)11-13-22/h5-17H,4,18-20H2,1-3H3. The Hall–Kier alpha value is -3.73. The number of halogens is 1. The van der Waals surface area contributed by atoms with Gasteiger partial charge < -0.3 is 14.2 Å². The number of sulfonamides is 1. The Morgan fingerprint density at radius 2 is 1.61 bits per heavy atom. The van der Waals surface area contributed by atoms with Gasteiger partial charge in [-0.3, -0.25) is 0 Å². The molecule has 0 fully saturated rings. The lowest BCUT2D eigenvalue weighted by atomic mass is 10.2. The van der Waals surface area contributed by atoms with Crippen LogP contribution in [0.3, 0.4) is 0 Å². The Morgan fingerprint density at radius 1 is 0.921 bits per heavy atom. The molecular formula is C28H30FN3O5S. The SMILES string of the molecule is CCc1nn(-c2ccc(F)cc2)c(Oc2ccccc2)c1CN(CCOC)S(=O)(=O)c1ccc(OC)cc1. The fourth-order valence-electron chi connectivity index (χ4n) is 3.93. The van der Waals surface area contributed by atoms with Crippen molar-refractivity contribution in [2.24, 2.45) is 0 Å². The van der Waals surface area contributed by atoms with Crippen LogP contribution in [-0.2, 0) is 27.7 Å². The van der Waals surface area contributed by atoms with Crippen LogP contribution in [0.4, 0.5) is 4.39 Å². The summed E-state index contributed by atoms with van der Waals surface area (Å²) in [6.45, 7) is 2.23. The third-order valence-corrected chi connectivity index (χ3v) is 7.82. The van der Waals surface area contributed by atoms with Crippen molar-refractivity contribution in [3.05, 3.63) is 95.9 Å². The summed E-state index contributed by atoms with van der Waals surface area (Å²) in [5.41, 5.74) is 1.85. The van der Waals surface area contributed by atoms with Crippen molar-refractivity contribution in [1.29, 1.82) is 0 Å². The van der Waals surface area contributed by atoms with E-state index in [1.165, 1.54) is 42.8 Å². The maximum Gasteiger partial charge on any atom is 0.243 e. The molecule has 8 nitrogen and oxygen atoms in total. The number of hydrogen-bond donors (Lipinski definition) is 0. The minimum Gasteiger partial charge on any atom is -0.497 e. The van der Waals surface area contributed by atoms with Crippen LogP contribution in [0.1, 0.15) is 18.2 Å². The predicted octanol–water partition coefficient (Wildman–Crippen LogP) is 5.21. The van der Waals surface area contributed by atoms with E-state index >= 15 is 0 Å². The van der Waals surface area contributed by atoms with E-state index in [4.69, 9.17) is 19.3 Å². The summed E-state index contributed by atoms with van der Waals surface area (Å²) in [5.74, 6) is 1.09. The summed E-state index contributed by atoms with van der Waals surface area (Å²) >= 11 is 0. The summed E-state index contributed by atoms with van der Waals surface area (Å²) in [4.78, 5) is 0.129. The van der Waals surface area contributed by atoms with Gasteiger partial charge in [0.25, 0.3) is 0 Å². The van der Waals surface area contributed by atoms with E-state index < -0.39 is 10.0 Å². The van der Waals surface area contributed by atoms with Gasteiger partial charge in [0, 0.05) is 20.2 Å². The molecule has 0 N–H and O–H groups in total. The molecule has 0 saturated carbocycles. The molecule has 0 aliphatic rings. The number of para-hydroxylation sites is 1. The second-order valence-corrected chi connectivity index (χ2v) is 10.3. The highest BCUT2D eigenvalue weighted by Crippen LogP contribution is 2.33. The highest BCUT2D eigenvalue weighted by Gasteiger charge is 2.29. The molecule has 0 aliphatic carbocycles. The van der Waals surface area contributed by atoms with E-state index in [0.29, 0.717) is 40.7 Å². The molecule has 3 aromatic carbocycles. The van der Waals surface area contributed by atoms with E-state index in [9.17, 15) is 12.8 Å². The number of hydrogen-bond acceptors (Lipinski definition) is 6. The number of ether oxygens (including phenoxy) is 3. The summed E-state index contributed by atoms with van der Waals surface area (Å²) in [5, 5.41) is 4.74. The molecule has 4 aromatic rings. The second-order valence-electron chi connectivity index (χ2n) is 8.39. The molecule has 1 aromatic heterocycles. The van der Waals surface area contributed by atoms with Gasteiger partial charge in [-0.2, -0.15) is 9.40 Å². The number of methoxy groups -OCH3 is 2. The van der Waals surface area contributed by atoms with Crippen LogP contribution in [0.15, 0.2) is 83.8 Å². The number of nitrogens with zero attached hydrogens (tertiary/aromatic N) is 3. The smallest absolute Gasteiger partial charge is 0.243 e. The highest BCUT2D eigenvalue weighted by atomic mass is 32.2.